The standard InChI is InChI=1S/C13H11BrFNO/c1-9-3-2-4-12(13(9)15)17-8-11-6-5-10(14)7-16-11/h2-7H,8H2,1H3. The third-order valence-corrected chi connectivity index (χ3v) is 2.79. The Hall–Kier alpha value is -1.42. The van der Waals surface area contributed by atoms with Crippen molar-refractivity contribution in [3.8, 4) is 5.75 Å². The zero-order chi connectivity index (χ0) is 12.3. The van der Waals surface area contributed by atoms with Crippen LogP contribution in [0.3, 0.4) is 0 Å². The molecule has 2 aromatic rings. The van der Waals surface area contributed by atoms with E-state index < -0.39 is 0 Å². The number of ether oxygens (including phenoxy) is 1. The highest BCUT2D eigenvalue weighted by molar-refractivity contribution is 9.10. The lowest BCUT2D eigenvalue weighted by Gasteiger charge is -2.08. The minimum absolute atomic E-state index is 0.258. The van der Waals surface area contributed by atoms with E-state index >= 15 is 0 Å². The minimum Gasteiger partial charge on any atom is -0.484 e. The van der Waals surface area contributed by atoms with E-state index in [2.05, 4.69) is 20.9 Å². The molecular weight excluding hydrogens is 285 g/mol. The van der Waals surface area contributed by atoms with Crippen molar-refractivity contribution < 1.29 is 9.13 Å². The molecule has 0 radical (unpaired) electrons. The molecule has 88 valence electrons. The van der Waals surface area contributed by atoms with Crippen LogP contribution in [-0.4, -0.2) is 4.98 Å². The van der Waals surface area contributed by atoms with Gasteiger partial charge in [0.15, 0.2) is 11.6 Å². The Morgan fingerprint density at radius 3 is 2.82 bits per heavy atom. The summed E-state index contributed by atoms with van der Waals surface area (Å²) >= 11 is 3.30. The van der Waals surface area contributed by atoms with Crippen LogP contribution < -0.4 is 4.74 Å². The monoisotopic (exact) mass is 295 g/mol. The Morgan fingerprint density at radius 2 is 2.12 bits per heavy atom. The largest absolute Gasteiger partial charge is 0.484 e. The number of hydrogen-bond acceptors (Lipinski definition) is 2. The number of aryl methyl sites for hydroxylation is 1. The average Bonchev–Trinajstić information content (AvgIpc) is 2.33. The van der Waals surface area contributed by atoms with Crippen LogP contribution >= 0.6 is 15.9 Å². The van der Waals surface area contributed by atoms with E-state index in [-0.39, 0.29) is 18.2 Å². The van der Waals surface area contributed by atoms with Crippen molar-refractivity contribution in [3.05, 3.63) is 58.1 Å². The van der Waals surface area contributed by atoms with Crippen LogP contribution in [0, 0.1) is 12.7 Å². The number of rotatable bonds is 3. The van der Waals surface area contributed by atoms with Crippen molar-refractivity contribution in [2.24, 2.45) is 0 Å². The van der Waals surface area contributed by atoms with Gasteiger partial charge in [0.25, 0.3) is 0 Å². The van der Waals surface area contributed by atoms with Gasteiger partial charge in [-0.25, -0.2) is 4.39 Å². The highest BCUT2D eigenvalue weighted by Crippen LogP contribution is 2.20. The summed E-state index contributed by atoms with van der Waals surface area (Å²) in [7, 11) is 0. The molecule has 0 aliphatic heterocycles. The van der Waals surface area contributed by atoms with Crippen molar-refractivity contribution in [3.63, 3.8) is 0 Å². The quantitative estimate of drug-likeness (QED) is 0.857. The first-order valence-corrected chi connectivity index (χ1v) is 5.94. The zero-order valence-electron chi connectivity index (χ0n) is 9.28. The lowest BCUT2D eigenvalue weighted by Crippen LogP contribution is -2.00. The van der Waals surface area contributed by atoms with Gasteiger partial charge in [0.05, 0.1) is 5.69 Å². The molecule has 0 fully saturated rings. The molecule has 0 N–H and O–H groups in total. The molecule has 2 rings (SSSR count). The molecule has 1 aromatic heterocycles. The SMILES string of the molecule is Cc1cccc(OCc2ccc(Br)cn2)c1F. The van der Waals surface area contributed by atoms with Crippen molar-refractivity contribution >= 4 is 15.9 Å². The fourth-order valence-electron chi connectivity index (χ4n) is 1.38. The van der Waals surface area contributed by atoms with Crippen LogP contribution in [0.15, 0.2) is 41.0 Å². The minimum atomic E-state index is -0.315. The van der Waals surface area contributed by atoms with E-state index in [1.165, 1.54) is 0 Å². The molecule has 2 nitrogen and oxygen atoms in total. The van der Waals surface area contributed by atoms with Crippen LogP contribution in [0.1, 0.15) is 11.3 Å². The molecule has 0 saturated heterocycles. The third kappa shape index (κ3) is 3.03. The highest BCUT2D eigenvalue weighted by atomic mass is 79.9. The summed E-state index contributed by atoms with van der Waals surface area (Å²) in [4.78, 5) is 4.15. The van der Waals surface area contributed by atoms with Gasteiger partial charge in [-0.1, -0.05) is 12.1 Å². The summed E-state index contributed by atoms with van der Waals surface area (Å²) in [5, 5.41) is 0. The van der Waals surface area contributed by atoms with Gasteiger partial charge in [0.2, 0.25) is 0 Å². The van der Waals surface area contributed by atoms with Gasteiger partial charge in [-0.15, -0.1) is 0 Å². The summed E-state index contributed by atoms with van der Waals surface area (Å²) in [6.45, 7) is 1.97. The Balaban J connectivity index is 2.07. The molecule has 1 heterocycles. The number of hydrogen-bond donors (Lipinski definition) is 0. The molecule has 0 unspecified atom stereocenters. The van der Waals surface area contributed by atoms with E-state index in [1.54, 1.807) is 31.3 Å². The molecule has 0 aliphatic carbocycles. The predicted molar refractivity (Wildman–Crippen MR) is 67.4 cm³/mol. The summed E-state index contributed by atoms with van der Waals surface area (Å²) in [5.74, 6) is -0.0562. The van der Waals surface area contributed by atoms with Gasteiger partial charge in [-0.3, -0.25) is 4.98 Å². The topological polar surface area (TPSA) is 22.1 Å². The molecule has 0 aliphatic rings. The smallest absolute Gasteiger partial charge is 0.167 e. The summed E-state index contributed by atoms with van der Waals surface area (Å²) in [6, 6.07) is 8.79. The molecule has 0 bridgehead atoms. The fourth-order valence-corrected chi connectivity index (χ4v) is 1.61. The van der Waals surface area contributed by atoms with Crippen molar-refractivity contribution in [2.75, 3.05) is 0 Å². The maximum absolute atomic E-state index is 13.6. The van der Waals surface area contributed by atoms with Crippen LogP contribution in [0.5, 0.6) is 5.75 Å². The maximum Gasteiger partial charge on any atom is 0.167 e. The molecule has 4 heteroatoms. The summed E-state index contributed by atoms with van der Waals surface area (Å²) in [5.41, 5.74) is 1.33. The van der Waals surface area contributed by atoms with E-state index in [0.29, 0.717) is 5.56 Å². The van der Waals surface area contributed by atoms with Crippen molar-refractivity contribution in [1.29, 1.82) is 0 Å². The van der Waals surface area contributed by atoms with Gasteiger partial charge in [-0.05, 0) is 46.6 Å². The molecule has 17 heavy (non-hydrogen) atoms. The molecule has 1 aromatic carbocycles. The average molecular weight is 296 g/mol. The Kier molecular flexibility index (Phi) is 3.74. The van der Waals surface area contributed by atoms with E-state index in [0.717, 1.165) is 10.2 Å². The van der Waals surface area contributed by atoms with Gasteiger partial charge in [-0.2, -0.15) is 0 Å². The van der Waals surface area contributed by atoms with Crippen LogP contribution in [0.2, 0.25) is 0 Å². The normalized spacial score (nSPS) is 10.3. The van der Waals surface area contributed by atoms with Crippen LogP contribution in [0.4, 0.5) is 4.39 Å². The molecule has 0 amide bonds. The number of aromatic nitrogens is 1. The Bertz CT molecular complexity index is 513. The predicted octanol–water partition coefficient (Wildman–Crippen LogP) is 3.87. The second-order valence-corrected chi connectivity index (χ2v) is 4.56. The van der Waals surface area contributed by atoms with Crippen LogP contribution in [-0.2, 0) is 6.61 Å². The van der Waals surface area contributed by atoms with E-state index in [1.807, 2.05) is 12.1 Å². The van der Waals surface area contributed by atoms with E-state index in [9.17, 15) is 4.39 Å². The van der Waals surface area contributed by atoms with Gasteiger partial charge >= 0.3 is 0 Å². The molecule has 0 atom stereocenters. The lowest BCUT2D eigenvalue weighted by atomic mass is 10.2. The second-order valence-electron chi connectivity index (χ2n) is 3.64. The number of pyridine rings is 1. The Morgan fingerprint density at radius 1 is 1.29 bits per heavy atom. The molecular formula is C13H11BrFNO. The van der Waals surface area contributed by atoms with Gasteiger partial charge in [0, 0.05) is 10.7 Å². The van der Waals surface area contributed by atoms with Crippen molar-refractivity contribution in [1.82, 2.24) is 4.98 Å². The zero-order valence-corrected chi connectivity index (χ0v) is 10.9. The van der Waals surface area contributed by atoms with Gasteiger partial charge < -0.3 is 4.74 Å². The maximum atomic E-state index is 13.6. The molecule has 0 spiro atoms. The van der Waals surface area contributed by atoms with Crippen molar-refractivity contribution in [2.45, 2.75) is 13.5 Å². The Labute approximate surface area is 108 Å². The van der Waals surface area contributed by atoms with Crippen LogP contribution in [0.25, 0.3) is 0 Å². The number of halogens is 2. The summed E-state index contributed by atoms with van der Waals surface area (Å²) in [6.07, 6.45) is 1.69. The first kappa shape index (κ1) is 12.0. The van der Waals surface area contributed by atoms with E-state index in [4.69, 9.17) is 4.74 Å². The third-order valence-electron chi connectivity index (χ3n) is 2.32. The lowest BCUT2D eigenvalue weighted by molar-refractivity contribution is 0.285. The molecule has 0 saturated carbocycles. The number of nitrogens with zero attached hydrogens (tertiary/aromatic N) is 1. The highest BCUT2D eigenvalue weighted by Gasteiger charge is 2.06. The first-order chi connectivity index (χ1) is 8.16. The second kappa shape index (κ2) is 5.27. The number of benzene rings is 1. The summed E-state index contributed by atoms with van der Waals surface area (Å²) < 4.78 is 19.9. The fraction of sp³-hybridized carbons (Fsp3) is 0.154. The van der Waals surface area contributed by atoms with Gasteiger partial charge in [0.1, 0.15) is 6.61 Å². The first-order valence-electron chi connectivity index (χ1n) is 5.15.